The van der Waals surface area contributed by atoms with E-state index in [1.54, 1.807) is 0 Å². The van der Waals surface area contributed by atoms with Crippen LogP contribution in [0.1, 0.15) is 97.3 Å². The molecule has 2 heteroatoms. The largest absolute Gasteiger partial charge is 0.463 e. The monoisotopic (exact) mass is 310 g/mol. The van der Waals surface area contributed by atoms with Crippen molar-refractivity contribution in [3.8, 4) is 0 Å². The van der Waals surface area contributed by atoms with Crippen LogP contribution in [0, 0.1) is 5.92 Å². The summed E-state index contributed by atoms with van der Waals surface area (Å²) in [6, 6.07) is 0. The highest BCUT2D eigenvalue weighted by atomic mass is 16.5. The van der Waals surface area contributed by atoms with Gasteiger partial charge in [-0.05, 0) is 12.3 Å². The van der Waals surface area contributed by atoms with Crippen LogP contribution in [0.2, 0.25) is 0 Å². The molecule has 0 N–H and O–H groups in total. The third-order valence-corrected chi connectivity index (χ3v) is 4.09. The molecule has 22 heavy (non-hydrogen) atoms. The standard InChI is InChI=1S/C20H38O2/c1-4-20(21)22-18-16-14-12-10-8-6-5-7-9-11-13-15-17-19(2)3/h4,19H,1,5-18H2,2-3H3. The Balaban J connectivity index is 3.02. The molecule has 0 unspecified atom stereocenters. The highest BCUT2D eigenvalue weighted by molar-refractivity contribution is 5.81. The molecule has 2 nitrogen and oxygen atoms in total. The SMILES string of the molecule is C=CC(=O)OCCCCCCCCCCCCCCC(C)C. The van der Waals surface area contributed by atoms with Crippen molar-refractivity contribution in [1.29, 1.82) is 0 Å². The first-order valence-corrected chi connectivity index (χ1v) is 9.46. The summed E-state index contributed by atoms with van der Waals surface area (Å²) in [5.41, 5.74) is 0. The minimum absolute atomic E-state index is 0.302. The topological polar surface area (TPSA) is 26.3 Å². The molecule has 0 saturated carbocycles. The van der Waals surface area contributed by atoms with Gasteiger partial charge in [-0.2, -0.15) is 0 Å². The van der Waals surface area contributed by atoms with E-state index in [0.717, 1.165) is 12.3 Å². The second-order valence-electron chi connectivity index (χ2n) is 6.80. The molecule has 0 aliphatic carbocycles. The number of hydrogen-bond acceptors (Lipinski definition) is 2. The van der Waals surface area contributed by atoms with Crippen molar-refractivity contribution >= 4 is 5.97 Å². The Morgan fingerprint density at radius 2 is 1.23 bits per heavy atom. The van der Waals surface area contributed by atoms with Crippen LogP contribution in [0.5, 0.6) is 0 Å². The van der Waals surface area contributed by atoms with Crippen molar-refractivity contribution in [2.75, 3.05) is 6.61 Å². The van der Waals surface area contributed by atoms with E-state index < -0.39 is 0 Å². The Morgan fingerprint density at radius 3 is 1.64 bits per heavy atom. The molecular formula is C20H38O2. The predicted molar refractivity (Wildman–Crippen MR) is 96.0 cm³/mol. The first-order chi connectivity index (χ1) is 10.7. The normalized spacial score (nSPS) is 10.9. The summed E-state index contributed by atoms with van der Waals surface area (Å²) >= 11 is 0. The van der Waals surface area contributed by atoms with Gasteiger partial charge >= 0.3 is 5.97 Å². The van der Waals surface area contributed by atoms with Gasteiger partial charge in [0.2, 0.25) is 0 Å². The lowest BCUT2D eigenvalue weighted by Crippen LogP contribution is -2.01. The fourth-order valence-electron chi connectivity index (χ4n) is 2.65. The van der Waals surface area contributed by atoms with Gasteiger partial charge in [-0.3, -0.25) is 0 Å². The second kappa shape index (κ2) is 16.6. The molecule has 130 valence electrons. The summed E-state index contributed by atoms with van der Waals surface area (Å²) in [6.07, 6.45) is 18.6. The first-order valence-electron chi connectivity index (χ1n) is 9.46. The molecule has 0 saturated heterocycles. The lowest BCUT2D eigenvalue weighted by Gasteiger charge is -2.05. The summed E-state index contributed by atoms with van der Waals surface area (Å²) in [5.74, 6) is 0.568. The van der Waals surface area contributed by atoms with E-state index in [2.05, 4.69) is 20.4 Å². The molecule has 0 aromatic carbocycles. The predicted octanol–water partition coefficient (Wildman–Crippen LogP) is 6.44. The smallest absolute Gasteiger partial charge is 0.330 e. The van der Waals surface area contributed by atoms with Crippen molar-refractivity contribution in [3.63, 3.8) is 0 Å². The van der Waals surface area contributed by atoms with Crippen molar-refractivity contribution in [2.45, 2.75) is 97.3 Å². The summed E-state index contributed by atoms with van der Waals surface area (Å²) < 4.78 is 4.95. The van der Waals surface area contributed by atoms with Crippen LogP contribution in [-0.4, -0.2) is 12.6 Å². The Labute approximate surface area is 138 Å². The molecular weight excluding hydrogens is 272 g/mol. The number of carbonyl (C=O) groups excluding carboxylic acids is 1. The quantitative estimate of drug-likeness (QED) is 0.186. The fourth-order valence-corrected chi connectivity index (χ4v) is 2.65. The molecule has 0 aliphatic heterocycles. The Morgan fingerprint density at radius 1 is 0.818 bits per heavy atom. The van der Waals surface area contributed by atoms with Crippen LogP contribution in [0.3, 0.4) is 0 Å². The van der Waals surface area contributed by atoms with Crippen LogP contribution < -0.4 is 0 Å². The number of ether oxygens (including phenoxy) is 1. The summed E-state index contributed by atoms with van der Waals surface area (Å²) in [5, 5.41) is 0. The van der Waals surface area contributed by atoms with Gasteiger partial charge in [0, 0.05) is 6.08 Å². The van der Waals surface area contributed by atoms with Gasteiger partial charge in [0.1, 0.15) is 0 Å². The number of esters is 1. The van der Waals surface area contributed by atoms with Gasteiger partial charge in [-0.1, -0.05) is 97.5 Å². The van der Waals surface area contributed by atoms with Crippen molar-refractivity contribution in [2.24, 2.45) is 5.92 Å². The highest BCUT2D eigenvalue weighted by Crippen LogP contribution is 2.14. The number of unbranched alkanes of at least 4 members (excludes halogenated alkanes) is 11. The second-order valence-corrected chi connectivity index (χ2v) is 6.80. The Hall–Kier alpha value is -0.790. The molecule has 0 radical (unpaired) electrons. The molecule has 0 aromatic heterocycles. The molecule has 0 spiro atoms. The molecule has 0 atom stereocenters. The van der Waals surface area contributed by atoms with Crippen molar-refractivity contribution in [1.82, 2.24) is 0 Å². The van der Waals surface area contributed by atoms with E-state index in [-0.39, 0.29) is 5.97 Å². The minimum Gasteiger partial charge on any atom is -0.463 e. The summed E-state index contributed by atoms with van der Waals surface area (Å²) in [4.78, 5) is 10.8. The molecule has 0 aliphatic rings. The average Bonchev–Trinajstić information content (AvgIpc) is 2.50. The van der Waals surface area contributed by atoms with E-state index in [1.165, 1.54) is 83.1 Å². The number of carbonyl (C=O) groups is 1. The van der Waals surface area contributed by atoms with Gasteiger partial charge in [0.25, 0.3) is 0 Å². The maximum Gasteiger partial charge on any atom is 0.330 e. The molecule has 0 amide bonds. The minimum atomic E-state index is -0.302. The van der Waals surface area contributed by atoms with E-state index in [1.807, 2.05) is 0 Å². The maximum absolute atomic E-state index is 10.8. The third kappa shape index (κ3) is 17.3. The molecule has 0 rings (SSSR count). The Kier molecular flexibility index (Phi) is 16.0. The summed E-state index contributed by atoms with van der Waals surface area (Å²) in [7, 11) is 0. The van der Waals surface area contributed by atoms with Crippen molar-refractivity contribution < 1.29 is 9.53 Å². The van der Waals surface area contributed by atoms with Gasteiger partial charge in [0.15, 0.2) is 0 Å². The Bertz CT molecular complexity index is 258. The lowest BCUT2D eigenvalue weighted by atomic mass is 10.0. The molecule has 0 aromatic rings. The maximum atomic E-state index is 10.8. The lowest BCUT2D eigenvalue weighted by molar-refractivity contribution is -0.137. The summed E-state index contributed by atoms with van der Waals surface area (Å²) in [6.45, 7) is 8.55. The zero-order valence-electron chi connectivity index (χ0n) is 15.1. The zero-order valence-corrected chi connectivity index (χ0v) is 15.1. The van der Waals surface area contributed by atoms with Gasteiger partial charge in [-0.25, -0.2) is 4.79 Å². The van der Waals surface area contributed by atoms with Crippen molar-refractivity contribution in [3.05, 3.63) is 12.7 Å². The van der Waals surface area contributed by atoms with Crippen LogP contribution in [0.25, 0.3) is 0 Å². The number of rotatable bonds is 16. The van der Waals surface area contributed by atoms with E-state index in [9.17, 15) is 4.79 Å². The average molecular weight is 311 g/mol. The van der Waals surface area contributed by atoms with Gasteiger partial charge < -0.3 is 4.74 Å². The zero-order chi connectivity index (χ0) is 16.5. The van der Waals surface area contributed by atoms with E-state index >= 15 is 0 Å². The molecule has 0 bridgehead atoms. The van der Waals surface area contributed by atoms with Gasteiger partial charge in [0.05, 0.1) is 6.61 Å². The van der Waals surface area contributed by atoms with E-state index in [0.29, 0.717) is 6.61 Å². The highest BCUT2D eigenvalue weighted by Gasteiger charge is 1.97. The van der Waals surface area contributed by atoms with E-state index in [4.69, 9.17) is 4.74 Å². The first kappa shape index (κ1) is 21.2. The van der Waals surface area contributed by atoms with Crippen LogP contribution in [0.15, 0.2) is 12.7 Å². The van der Waals surface area contributed by atoms with Crippen LogP contribution in [0.4, 0.5) is 0 Å². The van der Waals surface area contributed by atoms with Crippen LogP contribution in [-0.2, 0) is 9.53 Å². The fraction of sp³-hybridized carbons (Fsp3) is 0.850. The molecule has 0 fully saturated rings. The number of hydrogen-bond donors (Lipinski definition) is 0. The van der Waals surface area contributed by atoms with Gasteiger partial charge in [-0.15, -0.1) is 0 Å². The third-order valence-electron chi connectivity index (χ3n) is 4.09. The van der Waals surface area contributed by atoms with Crippen LogP contribution >= 0.6 is 0 Å². The molecule has 0 heterocycles.